The van der Waals surface area contributed by atoms with Crippen LogP contribution in [0.15, 0.2) is 12.2 Å². The largest absolute Gasteiger partial charge is 0.362 e. The van der Waals surface area contributed by atoms with E-state index in [0.29, 0.717) is 12.1 Å². The van der Waals surface area contributed by atoms with Gasteiger partial charge in [-0.15, -0.1) is 0 Å². The normalized spacial score (nSPS) is 14.3. The number of nitrogens with one attached hydrogen (secondary N) is 1. The molecule has 0 spiro atoms. The lowest BCUT2D eigenvalue weighted by molar-refractivity contribution is -0.125. The Bertz CT molecular complexity index is 366. The lowest BCUT2D eigenvalue weighted by Gasteiger charge is -2.38. The molecule has 2 amide bonds. The number of rotatable bonds is 8. The Hall–Kier alpha value is -1.36. The molecule has 0 fully saturated rings. The molecule has 20 heavy (non-hydrogen) atoms. The number of nitrogens with zero attached hydrogens (tertiary/aromatic N) is 1. The third-order valence-electron chi connectivity index (χ3n) is 3.84. The predicted octanol–water partition coefficient (Wildman–Crippen LogP) is 2.37. The molecule has 5 nitrogen and oxygen atoms in total. The van der Waals surface area contributed by atoms with Crippen LogP contribution in [-0.2, 0) is 9.53 Å². The van der Waals surface area contributed by atoms with Crippen LogP contribution in [0.1, 0.15) is 41.0 Å². The molecule has 1 unspecified atom stereocenters. The molecule has 0 aliphatic carbocycles. The highest BCUT2D eigenvalue weighted by atomic mass is 16.5. The van der Waals surface area contributed by atoms with Crippen molar-refractivity contribution in [3.63, 3.8) is 0 Å². The fourth-order valence-corrected chi connectivity index (χ4v) is 1.61. The van der Waals surface area contributed by atoms with Crippen molar-refractivity contribution in [3.05, 3.63) is 12.2 Å². The second-order valence-electron chi connectivity index (χ2n) is 5.73. The third-order valence-corrected chi connectivity index (χ3v) is 3.84. The molecular formula is C15H28N2O3. The van der Waals surface area contributed by atoms with E-state index in [-0.39, 0.29) is 18.2 Å². The minimum absolute atomic E-state index is 0.149. The van der Waals surface area contributed by atoms with Crippen LogP contribution in [-0.4, -0.2) is 48.6 Å². The van der Waals surface area contributed by atoms with Gasteiger partial charge in [-0.3, -0.25) is 4.79 Å². The summed E-state index contributed by atoms with van der Waals surface area (Å²) in [5, 5.41) is 2.63. The summed E-state index contributed by atoms with van der Waals surface area (Å²) in [5.74, 6) is 0. The summed E-state index contributed by atoms with van der Waals surface area (Å²) in [7, 11) is 1.60. The molecule has 1 atom stereocenters. The first-order valence-electron chi connectivity index (χ1n) is 6.90. The number of ether oxygens (including phenoxy) is 1. The molecule has 0 bridgehead atoms. The van der Waals surface area contributed by atoms with E-state index in [2.05, 4.69) is 11.9 Å². The number of hydrogen-bond donors (Lipinski definition) is 1. The van der Waals surface area contributed by atoms with E-state index in [9.17, 15) is 9.59 Å². The summed E-state index contributed by atoms with van der Waals surface area (Å²) in [5.41, 5.74) is -0.622. The predicted molar refractivity (Wildman–Crippen MR) is 80.8 cm³/mol. The van der Waals surface area contributed by atoms with Crippen molar-refractivity contribution in [1.29, 1.82) is 0 Å². The highest BCUT2D eigenvalue weighted by Gasteiger charge is 2.30. The fraction of sp³-hybridized carbons (Fsp3) is 0.733. The van der Waals surface area contributed by atoms with E-state index in [1.807, 2.05) is 20.8 Å². The second kappa shape index (κ2) is 7.43. The number of carbonyl (C=O) groups is 2. The molecule has 0 aromatic heterocycles. The average molecular weight is 284 g/mol. The molecule has 0 radical (unpaired) electrons. The van der Waals surface area contributed by atoms with E-state index >= 15 is 0 Å². The summed E-state index contributed by atoms with van der Waals surface area (Å²) in [6, 6.07) is -0.149. The van der Waals surface area contributed by atoms with Gasteiger partial charge in [0, 0.05) is 19.1 Å². The van der Waals surface area contributed by atoms with Crippen molar-refractivity contribution in [3.8, 4) is 0 Å². The fourth-order valence-electron chi connectivity index (χ4n) is 1.61. The van der Waals surface area contributed by atoms with Gasteiger partial charge >= 0.3 is 6.03 Å². The first kappa shape index (κ1) is 18.6. The van der Waals surface area contributed by atoms with Gasteiger partial charge in [0.05, 0.1) is 6.61 Å². The monoisotopic (exact) mass is 284 g/mol. The maximum atomic E-state index is 11.9. The van der Waals surface area contributed by atoms with Crippen molar-refractivity contribution in [2.45, 2.75) is 52.2 Å². The minimum atomic E-state index is -0.995. The maximum absolute atomic E-state index is 11.9. The van der Waals surface area contributed by atoms with Crippen LogP contribution in [0.2, 0.25) is 0 Å². The zero-order chi connectivity index (χ0) is 16.0. The van der Waals surface area contributed by atoms with Gasteiger partial charge in [0.1, 0.15) is 5.60 Å². The first-order valence-corrected chi connectivity index (χ1v) is 6.90. The number of hydrogen-bond acceptors (Lipinski definition) is 3. The van der Waals surface area contributed by atoms with Crippen molar-refractivity contribution < 1.29 is 14.3 Å². The van der Waals surface area contributed by atoms with E-state index < -0.39 is 5.60 Å². The van der Waals surface area contributed by atoms with E-state index in [1.165, 1.54) is 0 Å². The molecule has 0 saturated carbocycles. The zero-order valence-electron chi connectivity index (χ0n) is 13.6. The number of aldehydes is 1. The molecule has 0 aliphatic rings. The Morgan fingerprint density at radius 1 is 1.40 bits per heavy atom. The second-order valence-corrected chi connectivity index (χ2v) is 5.73. The van der Waals surface area contributed by atoms with Crippen molar-refractivity contribution in [2.75, 3.05) is 20.2 Å². The molecule has 0 rings (SSSR count). The number of carbonyl (C=O) groups excluding carboxylic acids is 2. The summed E-state index contributed by atoms with van der Waals surface area (Å²) < 4.78 is 5.62. The SMILES string of the molecule is C=C(C)C(C)(C=O)OCCN(C(=O)NC)C(C)(C)CC. The molecule has 116 valence electrons. The molecule has 0 aromatic rings. The van der Waals surface area contributed by atoms with Gasteiger partial charge in [-0.05, 0) is 39.7 Å². The first-order chi connectivity index (χ1) is 9.14. The summed E-state index contributed by atoms with van der Waals surface area (Å²) >= 11 is 0. The van der Waals surface area contributed by atoms with Crippen LogP contribution in [0.25, 0.3) is 0 Å². The van der Waals surface area contributed by atoms with Crippen molar-refractivity contribution in [2.24, 2.45) is 0 Å². The maximum Gasteiger partial charge on any atom is 0.317 e. The standard InChI is InChI=1S/C15H28N2O3/c1-8-14(4,5)17(13(19)16-7)9-10-20-15(6,11-18)12(2)3/h11H,2,8-10H2,1,3-7H3,(H,16,19). The van der Waals surface area contributed by atoms with Gasteiger partial charge in [-0.1, -0.05) is 13.5 Å². The van der Waals surface area contributed by atoms with Gasteiger partial charge in [0.15, 0.2) is 6.29 Å². The number of amides is 2. The molecule has 1 N–H and O–H groups in total. The lowest BCUT2D eigenvalue weighted by atomic mass is 9.99. The van der Waals surface area contributed by atoms with E-state index in [0.717, 1.165) is 12.7 Å². The Morgan fingerprint density at radius 2 is 1.95 bits per heavy atom. The van der Waals surface area contributed by atoms with Gasteiger partial charge in [0.25, 0.3) is 0 Å². The molecule has 0 aliphatic heterocycles. The van der Waals surface area contributed by atoms with Crippen molar-refractivity contribution >= 4 is 12.3 Å². The van der Waals surface area contributed by atoms with Crippen LogP contribution in [0.5, 0.6) is 0 Å². The van der Waals surface area contributed by atoms with Gasteiger partial charge in [-0.2, -0.15) is 0 Å². The Morgan fingerprint density at radius 3 is 2.30 bits per heavy atom. The zero-order valence-corrected chi connectivity index (χ0v) is 13.6. The molecule has 0 heterocycles. The Balaban J connectivity index is 4.76. The summed E-state index contributed by atoms with van der Waals surface area (Å²) in [4.78, 5) is 24.8. The van der Waals surface area contributed by atoms with Crippen LogP contribution in [0.3, 0.4) is 0 Å². The molecular weight excluding hydrogens is 256 g/mol. The van der Waals surface area contributed by atoms with Crippen LogP contribution in [0.4, 0.5) is 4.79 Å². The average Bonchev–Trinajstić information content (AvgIpc) is 2.41. The smallest absolute Gasteiger partial charge is 0.317 e. The van der Waals surface area contributed by atoms with Gasteiger partial charge < -0.3 is 15.0 Å². The van der Waals surface area contributed by atoms with Crippen LogP contribution in [0, 0.1) is 0 Å². The summed E-state index contributed by atoms with van der Waals surface area (Å²) in [6.07, 6.45) is 1.57. The van der Waals surface area contributed by atoms with E-state index in [1.54, 1.807) is 25.8 Å². The molecule has 5 heteroatoms. The summed E-state index contributed by atoms with van der Waals surface area (Å²) in [6.45, 7) is 13.9. The Labute approximate surface area is 122 Å². The van der Waals surface area contributed by atoms with Crippen LogP contribution >= 0.6 is 0 Å². The quantitative estimate of drug-likeness (QED) is 0.550. The highest BCUT2D eigenvalue weighted by molar-refractivity contribution is 5.74. The molecule has 0 aromatic carbocycles. The van der Waals surface area contributed by atoms with Gasteiger partial charge in [-0.25, -0.2) is 4.79 Å². The Kier molecular flexibility index (Phi) is 6.92. The van der Waals surface area contributed by atoms with Gasteiger partial charge in [0.2, 0.25) is 0 Å². The van der Waals surface area contributed by atoms with E-state index in [4.69, 9.17) is 4.74 Å². The highest BCUT2D eigenvalue weighted by Crippen LogP contribution is 2.20. The number of urea groups is 1. The third kappa shape index (κ3) is 4.63. The molecule has 0 saturated heterocycles. The van der Waals surface area contributed by atoms with Crippen LogP contribution < -0.4 is 5.32 Å². The van der Waals surface area contributed by atoms with Crippen molar-refractivity contribution in [1.82, 2.24) is 10.2 Å². The lowest BCUT2D eigenvalue weighted by Crippen LogP contribution is -2.52. The minimum Gasteiger partial charge on any atom is -0.362 e. The topological polar surface area (TPSA) is 58.6 Å².